The van der Waals surface area contributed by atoms with Crippen LogP contribution in [-0.2, 0) is 24.4 Å². The van der Waals surface area contributed by atoms with Gasteiger partial charge in [-0.3, -0.25) is 9.69 Å². The Kier molecular flexibility index (Phi) is 4.40. The zero-order chi connectivity index (χ0) is 14.8. The second-order valence-electron chi connectivity index (χ2n) is 6.16. The quantitative estimate of drug-likeness (QED) is 0.833. The molecule has 1 aromatic heterocycles. The molecule has 1 fully saturated rings. The Morgan fingerprint density at radius 3 is 3.00 bits per heavy atom. The molecule has 0 bridgehead atoms. The van der Waals surface area contributed by atoms with Crippen LogP contribution >= 0.6 is 12.2 Å². The van der Waals surface area contributed by atoms with Crippen LogP contribution in [-0.4, -0.2) is 44.8 Å². The number of carbonyl (C=O) groups excluding carboxylic acids is 1. The molecule has 2 aliphatic rings. The predicted octanol–water partition coefficient (Wildman–Crippen LogP) is 1.31. The third kappa shape index (κ3) is 3.71. The molecule has 1 saturated carbocycles. The van der Waals surface area contributed by atoms with Crippen LogP contribution in [0.2, 0.25) is 0 Å². The van der Waals surface area contributed by atoms with Crippen LogP contribution in [0, 0.1) is 4.77 Å². The van der Waals surface area contributed by atoms with Gasteiger partial charge in [0.15, 0.2) is 4.77 Å². The van der Waals surface area contributed by atoms with Crippen molar-refractivity contribution in [1.82, 2.24) is 24.6 Å². The standard InChI is InChI=1S/C14H23N5OS/c1-17(9-13(20)15-11-6-7-11)10-19-14(21)18-8-4-2-3-5-12(18)16-19/h11H,2-10H2,1H3,(H,15,20). The van der Waals surface area contributed by atoms with Crippen LogP contribution < -0.4 is 5.32 Å². The van der Waals surface area contributed by atoms with Crippen LogP contribution in [0.3, 0.4) is 0 Å². The Balaban J connectivity index is 1.61. The van der Waals surface area contributed by atoms with Gasteiger partial charge in [0.1, 0.15) is 5.82 Å². The number of nitrogens with one attached hydrogen (secondary N) is 1. The molecule has 0 atom stereocenters. The zero-order valence-corrected chi connectivity index (χ0v) is 13.4. The Labute approximate surface area is 130 Å². The van der Waals surface area contributed by atoms with Crippen LogP contribution in [0.4, 0.5) is 0 Å². The number of likely N-dealkylation sites (N-methyl/N-ethyl adjacent to an activating group) is 1. The molecule has 6 nitrogen and oxygen atoms in total. The van der Waals surface area contributed by atoms with Crippen molar-refractivity contribution >= 4 is 18.1 Å². The second kappa shape index (κ2) is 6.27. The van der Waals surface area contributed by atoms with Crippen LogP contribution in [0.25, 0.3) is 0 Å². The molecule has 1 amide bonds. The lowest BCUT2D eigenvalue weighted by Crippen LogP contribution is -2.37. The largest absolute Gasteiger partial charge is 0.352 e. The van der Waals surface area contributed by atoms with Gasteiger partial charge in [0.05, 0.1) is 13.2 Å². The van der Waals surface area contributed by atoms with Crippen molar-refractivity contribution in [1.29, 1.82) is 0 Å². The van der Waals surface area contributed by atoms with E-state index in [-0.39, 0.29) is 5.91 Å². The molecular formula is C14H23N5OS. The van der Waals surface area contributed by atoms with Crippen LogP contribution in [0.1, 0.15) is 37.9 Å². The summed E-state index contributed by atoms with van der Waals surface area (Å²) in [5, 5.41) is 7.63. The van der Waals surface area contributed by atoms with E-state index in [4.69, 9.17) is 12.2 Å². The fourth-order valence-electron chi connectivity index (χ4n) is 2.74. The molecule has 0 saturated heterocycles. The van der Waals surface area contributed by atoms with Crippen molar-refractivity contribution in [3.05, 3.63) is 10.6 Å². The molecule has 1 N–H and O–H groups in total. The van der Waals surface area contributed by atoms with Gasteiger partial charge in [0.25, 0.3) is 0 Å². The van der Waals surface area contributed by atoms with E-state index in [1.807, 2.05) is 16.6 Å². The van der Waals surface area contributed by atoms with Gasteiger partial charge in [0.2, 0.25) is 5.91 Å². The number of rotatable bonds is 5. The Morgan fingerprint density at radius 1 is 1.43 bits per heavy atom. The highest BCUT2D eigenvalue weighted by atomic mass is 32.1. The molecule has 2 heterocycles. The first-order chi connectivity index (χ1) is 10.1. The van der Waals surface area contributed by atoms with Crippen molar-refractivity contribution < 1.29 is 4.79 Å². The van der Waals surface area contributed by atoms with E-state index in [2.05, 4.69) is 15.0 Å². The van der Waals surface area contributed by atoms with E-state index < -0.39 is 0 Å². The maximum absolute atomic E-state index is 11.8. The minimum atomic E-state index is 0.0901. The smallest absolute Gasteiger partial charge is 0.234 e. The molecule has 116 valence electrons. The average molecular weight is 309 g/mol. The fourth-order valence-corrected chi connectivity index (χ4v) is 3.04. The summed E-state index contributed by atoms with van der Waals surface area (Å²) in [4.78, 5) is 13.8. The Hall–Kier alpha value is -1.21. The fraction of sp³-hybridized carbons (Fsp3) is 0.786. The summed E-state index contributed by atoms with van der Waals surface area (Å²) < 4.78 is 4.78. The molecule has 3 rings (SSSR count). The highest BCUT2D eigenvalue weighted by Gasteiger charge is 2.23. The first-order valence-electron chi connectivity index (χ1n) is 7.78. The van der Waals surface area contributed by atoms with Gasteiger partial charge >= 0.3 is 0 Å². The first kappa shape index (κ1) is 14.7. The molecule has 0 unspecified atom stereocenters. The van der Waals surface area contributed by atoms with Gasteiger partial charge in [-0.25, -0.2) is 4.68 Å². The van der Waals surface area contributed by atoms with E-state index in [1.165, 1.54) is 19.3 Å². The van der Waals surface area contributed by atoms with Gasteiger partial charge < -0.3 is 9.88 Å². The molecular weight excluding hydrogens is 286 g/mol. The molecule has 0 radical (unpaired) electrons. The number of hydrogen-bond donors (Lipinski definition) is 1. The first-order valence-corrected chi connectivity index (χ1v) is 8.19. The second-order valence-corrected chi connectivity index (χ2v) is 6.52. The number of amides is 1. The average Bonchev–Trinajstić information content (AvgIpc) is 3.21. The van der Waals surface area contributed by atoms with Crippen molar-refractivity contribution in [3.8, 4) is 0 Å². The van der Waals surface area contributed by atoms with Gasteiger partial charge in [0, 0.05) is 19.0 Å². The summed E-state index contributed by atoms with van der Waals surface area (Å²) in [7, 11) is 1.93. The SMILES string of the molecule is CN(CC(=O)NC1CC1)Cn1nc2n(c1=S)CCCCC2. The number of fused-ring (bicyclic) bond motifs is 1. The Morgan fingerprint density at radius 2 is 2.24 bits per heavy atom. The van der Waals surface area contributed by atoms with E-state index in [9.17, 15) is 4.79 Å². The predicted molar refractivity (Wildman–Crippen MR) is 82.4 cm³/mol. The van der Waals surface area contributed by atoms with E-state index in [1.54, 1.807) is 0 Å². The van der Waals surface area contributed by atoms with Gasteiger partial charge in [-0.2, -0.15) is 5.10 Å². The summed E-state index contributed by atoms with van der Waals surface area (Å²) in [6.45, 7) is 1.93. The number of hydrogen-bond acceptors (Lipinski definition) is 4. The normalized spacial score (nSPS) is 18.4. The third-order valence-corrected chi connectivity index (χ3v) is 4.44. The maximum Gasteiger partial charge on any atom is 0.234 e. The van der Waals surface area contributed by atoms with Crippen LogP contribution in [0.15, 0.2) is 0 Å². The minimum absolute atomic E-state index is 0.0901. The van der Waals surface area contributed by atoms with Gasteiger partial charge in [-0.15, -0.1) is 0 Å². The summed E-state index contributed by atoms with van der Waals surface area (Å²) in [6.07, 6.45) is 6.85. The lowest BCUT2D eigenvalue weighted by atomic mass is 10.2. The number of aryl methyl sites for hydroxylation is 1. The summed E-state index contributed by atoms with van der Waals surface area (Å²) in [5.41, 5.74) is 0. The van der Waals surface area contributed by atoms with Crippen LogP contribution in [0.5, 0.6) is 0 Å². The lowest BCUT2D eigenvalue weighted by Gasteiger charge is -2.15. The van der Waals surface area contributed by atoms with Crippen molar-refractivity contribution in [3.63, 3.8) is 0 Å². The van der Waals surface area contributed by atoms with Crippen molar-refractivity contribution in [2.75, 3.05) is 13.6 Å². The number of nitrogens with zero attached hydrogens (tertiary/aromatic N) is 4. The van der Waals surface area contributed by atoms with Gasteiger partial charge in [-0.05, 0) is 44.9 Å². The van der Waals surface area contributed by atoms with Crippen molar-refractivity contribution in [2.24, 2.45) is 0 Å². The molecule has 1 aliphatic carbocycles. The molecule has 0 spiro atoms. The summed E-state index contributed by atoms with van der Waals surface area (Å²) in [5.74, 6) is 1.18. The summed E-state index contributed by atoms with van der Waals surface area (Å²) in [6, 6.07) is 0.414. The molecule has 21 heavy (non-hydrogen) atoms. The molecule has 1 aliphatic heterocycles. The highest BCUT2D eigenvalue weighted by molar-refractivity contribution is 7.71. The molecule has 1 aromatic rings. The van der Waals surface area contributed by atoms with Crippen molar-refractivity contribution in [2.45, 2.75) is 57.8 Å². The lowest BCUT2D eigenvalue weighted by molar-refractivity contribution is -0.122. The third-order valence-electron chi connectivity index (χ3n) is 4.01. The topological polar surface area (TPSA) is 55.1 Å². The monoisotopic (exact) mass is 309 g/mol. The zero-order valence-electron chi connectivity index (χ0n) is 12.5. The molecule has 7 heteroatoms. The number of aromatic nitrogens is 3. The summed E-state index contributed by atoms with van der Waals surface area (Å²) >= 11 is 5.52. The van der Waals surface area contributed by atoms with E-state index in [0.29, 0.717) is 19.3 Å². The molecule has 0 aromatic carbocycles. The Bertz CT molecular complexity index is 574. The van der Waals surface area contributed by atoms with E-state index >= 15 is 0 Å². The minimum Gasteiger partial charge on any atom is -0.352 e. The highest BCUT2D eigenvalue weighted by Crippen LogP contribution is 2.18. The van der Waals surface area contributed by atoms with E-state index in [0.717, 1.165) is 36.4 Å². The number of carbonyl (C=O) groups is 1. The maximum atomic E-state index is 11.8. The van der Waals surface area contributed by atoms with Gasteiger partial charge in [-0.1, -0.05) is 6.42 Å².